The second kappa shape index (κ2) is 3.61. The Bertz CT molecular complexity index is 168. The molecule has 2 aliphatic rings. The average Bonchev–Trinajstić information content (AvgIpc) is 2.11. The van der Waals surface area contributed by atoms with Crippen molar-refractivity contribution >= 4 is 0 Å². The largest absolute Gasteiger partial charge is 0.306 e. The molecule has 76 valence electrons. The van der Waals surface area contributed by atoms with Crippen molar-refractivity contribution in [2.75, 3.05) is 20.1 Å². The molecule has 1 spiro atoms. The Morgan fingerprint density at radius 3 is 2.46 bits per heavy atom. The van der Waals surface area contributed by atoms with Crippen molar-refractivity contribution in [1.82, 2.24) is 4.90 Å². The van der Waals surface area contributed by atoms with Crippen molar-refractivity contribution in [3.63, 3.8) is 0 Å². The minimum atomic E-state index is 0.736. The third-order valence-corrected chi connectivity index (χ3v) is 4.19. The maximum Gasteiger partial charge on any atom is 0.00349 e. The Morgan fingerprint density at radius 1 is 1.15 bits per heavy atom. The minimum Gasteiger partial charge on any atom is -0.306 e. The summed E-state index contributed by atoms with van der Waals surface area (Å²) in [6.07, 6.45) is 8.90. The molecule has 1 aliphatic carbocycles. The van der Waals surface area contributed by atoms with E-state index in [1.165, 1.54) is 51.6 Å². The zero-order valence-corrected chi connectivity index (χ0v) is 9.18. The van der Waals surface area contributed by atoms with Crippen LogP contribution in [-0.4, -0.2) is 25.0 Å². The molecule has 2 rings (SSSR count). The number of piperidine rings is 1. The highest BCUT2D eigenvalue weighted by Crippen LogP contribution is 2.44. The summed E-state index contributed by atoms with van der Waals surface area (Å²) in [5.74, 6) is 0.998. The van der Waals surface area contributed by atoms with Gasteiger partial charge in [-0.1, -0.05) is 19.8 Å². The van der Waals surface area contributed by atoms with Crippen LogP contribution in [0.1, 0.15) is 45.4 Å². The Hall–Kier alpha value is -0.0400. The third-order valence-electron chi connectivity index (χ3n) is 4.19. The molecule has 0 bridgehead atoms. The van der Waals surface area contributed by atoms with Crippen LogP contribution in [0.5, 0.6) is 0 Å². The molecule has 0 unspecified atom stereocenters. The standard InChI is InChI=1S/C12H23N/c1-11-4-7-12(8-5-11)6-3-9-13(2)10-12/h11H,3-10H2,1-2H3. The van der Waals surface area contributed by atoms with Crippen LogP contribution in [-0.2, 0) is 0 Å². The smallest absolute Gasteiger partial charge is 0.00349 e. The van der Waals surface area contributed by atoms with Crippen LogP contribution in [0.4, 0.5) is 0 Å². The van der Waals surface area contributed by atoms with E-state index in [9.17, 15) is 0 Å². The number of nitrogens with zero attached hydrogens (tertiary/aromatic N) is 1. The molecule has 0 amide bonds. The van der Waals surface area contributed by atoms with E-state index >= 15 is 0 Å². The van der Waals surface area contributed by atoms with Crippen molar-refractivity contribution in [1.29, 1.82) is 0 Å². The Morgan fingerprint density at radius 2 is 1.85 bits per heavy atom. The van der Waals surface area contributed by atoms with Crippen LogP contribution >= 0.6 is 0 Å². The summed E-state index contributed by atoms with van der Waals surface area (Å²) in [6, 6.07) is 0. The van der Waals surface area contributed by atoms with Gasteiger partial charge < -0.3 is 4.90 Å². The van der Waals surface area contributed by atoms with Crippen molar-refractivity contribution in [2.24, 2.45) is 11.3 Å². The lowest BCUT2D eigenvalue weighted by Crippen LogP contribution is -2.43. The predicted octanol–water partition coefficient (Wildman–Crippen LogP) is 2.91. The first kappa shape index (κ1) is 9.51. The molecular formula is C12H23N. The summed E-state index contributed by atoms with van der Waals surface area (Å²) in [6.45, 7) is 5.12. The molecular weight excluding hydrogens is 158 g/mol. The van der Waals surface area contributed by atoms with Gasteiger partial charge in [-0.05, 0) is 50.6 Å². The first-order valence-corrected chi connectivity index (χ1v) is 5.89. The van der Waals surface area contributed by atoms with Gasteiger partial charge in [0, 0.05) is 6.54 Å². The number of rotatable bonds is 0. The molecule has 2 fully saturated rings. The van der Waals surface area contributed by atoms with Gasteiger partial charge in [0.2, 0.25) is 0 Å². The van der Waals surface area contributed by atoms with Crippen LogP contribution in [0.3, 0.4) is 0 Å². The molecule has 0 radical (unpaired) electrons. The molecule has 0 atom stereocenters. The molecule has 1 heterocycles. The maximum absolute atomic E-state index is 2.54. The minimum absolute atomic E-state index is 0.736. The molecule has 0 aromatic heterocycles. The quantitative estimate of drug-likeness (QED) is 0.555. The normalized spacial score (nSPS) is 42.5. The Labute approximate surface area is 82.5 Å². The van der Waals surface area contributed by atoms with E-state index < -0.39 is 0 Å². The zero-order chi connectivity index (χ0) is 9.31. The van der Waals surface area contributed by atoms with Crippen molar-refractivity contribution in [2.45, 2.75) is 45.4 Å². The monoisotopic (exact) mass is 181 g/mol. The van der Waals surface area contributed by atoms with E-state index in [-0.39, 0.29) is 0 Å². The first-order chi connectivity index (χ1) is 6.20. The number of hydrogen-bond donors (Lipinski definition) is 0. The van der Waals surface area contributed by atoms with Crippen LogP contribution in [0, 0.1) is 11.3 Å². The number of likely N-dealkylation sites (tertiary alicyclic amines) is 1. The van der Waals surface area contributed by atoms with Crippen LogP contribution in [0.2, 0.25) is 0 Å². The highest BCUT2D eigenvalue weighted by Gasteiger charge is 2.36. The van der Waals surface area contributed by atoms with E-state index in [2.05, 4.69) is 18.9 Å². The van der Waals surface area contributed by atoms with E-state index in [0.717, 1.165) is 11.3 Å². The summed E-state index contributed by atoms with van der Waals surface area (Å²) in [4.78, 5) is 2.54. The Kier molecular flexibility index (Phi) is 2.64. The van der Waals surface area contributed by atoms with E-state index in [4.69, 9.17) is 0 Å². The summed E-state index contributed by atoms with van der Waals surface area (Å²) in [7, 11) is 2.29. The summed E-state index contributed by atoms with van der Waals surface area (Å²) < 4.78 is 0. The summed E-state index contributed by atoms with van der Waals surface area (Å²) >= 11 is 0. The molecule has 1 saturated carbocycles. The molecule has 1 saturated heterocycles. The van der Waals surface area contributed by atoms with Gasteiger partial charge in [0.1, 0.15) is 0 Å². The maximum atomic E-state index is 2.54. The van der Waals surface area contributed by atoms with Gasteiger partial charge >= 0.3 is 0 Å². The van der Waals surface area contributed by atoms with Gasteiger partial charge in [-0.2, -0.15) is 0 Å². The Balaban J connectivity index is 1.95. The average molecular weight is 181 g/mol. The lowest BCUT2D eigenvalue weighted by molar-refractivity contribution is 0.0552. The van der Waals surface area contributed by atoms with Crippen LogP contribution in [0.25, 0.3) is 0 Å². The molecule has 0 aromatic carbocycles. The van der Waals surface area contributed by atoms with Crippen molar-refractivity contribution in [3.8, 4) is 0 Å². The van der Waals surface area contributed by atoms with Gasteiger partial charge in [-0.3, -0.25) is 0 Å². The van der Waals surface area contributed by atoms with E-state index in [0.29, 0.717) is 0 Å². The molecule has 1 nitrogen and oxygen atoms in total. The number of hydrogen-bond acceptors (Lipinski definition) is 1. The molecule has 1 aliphatic heterocycles. The van der Waals surface area contributed by atoms with Crippen molar-refractivity contribution < 1.29 is 0 Å². The van der Waals surface area contributed by atoms with Crippen LogP contribution < -0.4 is 0 Å². The zero-order valence-electron chi connectivity index (χ0n) is 9.18. The molecule has 1 heteroatoms. The summed E-state index contributed by atoms with van der Waals surface area (Å²) in [5, 5.41) is 0. The van der Waals surface area contributed by atoms with Crippen LogP contribution in [0.15, 0.2) is 0 Å². The predicted molar refractivity (Wildman–Crippen MR) is 56.8 cm³/mol. The summed E-state index contributed by atoms with van der Waals surface area (Å²) in [5.41, 5.74) is 0.736. The van der Waals surface area contributed by atoms with Gasteiger partial charge in [0.15, 0.2) is 0 Å². The topological polar surface area (TPSA) is 3.24 Å². The lowest BCUT2D eigenvalue weighted by Gasteiger charge is -2.45. The third kappa shape index (κ3) is 2.07. The molecule has 0 N–H and O–H groups in total. The van der Waals surface area contributed by atoms with Gasteiger partial charge in [0.25, 0.3) is 0 Å². The lowest BCUT2D eigenvalue weighted by atomic mass is 9.67. The fourth-order valence-electron chi connectivity index (χ4n) is 3.24. The molecule has 13 heavy (non-hydrogen) atoms. The highest BCUT2D eigenvalue weighted by molar-refractivity contribution is 4.89. The highest BCUT2D eigenvalue weighted by atomic mass is 15.1. The second-order valence-corrected chi connectivity index (χ2v) is 5.52. The van der Waals surface area contributed by atoms with E-state index in [1.54, 1.807) is 0 Å². The van der Waals surface area contributed by atoms with Gasteiger partial charge in [-0.15, -0.1) is 0 Å². The second-order valence-electron chi connectivity index (χ2n) is 5.52. The van der Waals surface area contributed by atoms with Crippen molar-refractivity contribution in [3.05, 3.63) is 0 Å². The fraction of sp³-hybridized carbons (Fsp3) is 1.00. The first-order valence-electron chi connectivity index (χ1n) is 5.89. The SMILES string of the molecule is CC1CCC2(CCCN(C)C2)CC1. The van der Waals surface area contributed by atoms with Gasteiger partial charge in [0.05, 0.1) is 0 Å². The fourth-order valence-corrected chi connectivity index (χ4v) is 3.24. The van der Waals surface area contributed by atoms with Gasteiger partial charge in [-0.25, -0.2) is 0 Å². The molecule has 0 aromatic rings. The van der Waals surface area contributed by atoms with E-state index in [1.807, 2.05) is 0 Å².